The molecular formula is C7H9O. The highest BCUT2D eigenvalue weighted by molar-refractivity contribution is 5.74. The molecule has 0 heterocycles. The fourth-order valence-electron chi connectivity index (χ4n) is 0.978. The number of hydrogen-bond donors (Lipinski definition) is 0. The fourth-order valence-corrected chi connectivity index (χ4v) is 0.978. The van der Waals surface area contributed by atoms with Gasteiger partial charge in [0, 0.05) is 0 Å². The minimum atomic E-state index is 0.603. The Balaban J connectivity index is 2.56. The molecule has 1 heteroatoms. The van der Waals surface area contributed by atoms with E-state index < -0.39 is 0 Å². The summed E-state index contributed by atoms with van der Waals surface area (Å²) in [5, 5.41) is 0. The van der Waals surface area contributed by atoms with Crippen molar-refractivity contribution >= 4 is 6.29 Å². The molecule has 43 valence electrons. The van der Waals surface area contributed by atoms with E-state index in [9.17, 15) is 4.79 Å². The lowest BCUT2D eigenvalue weighted by molar-refractivity contribution is 0.560. The number of hydrogen-bond acceptors (Lipinski definition) is 1. The molecule has 0 saturated heterocycles. The molecule has 0 spiro atoms. The Morgan fingerprint density at radius 1 is 1.88 bits per heavy atom. The van der Waals surface area contributed by atoms with E-state index in [0.29, 0.717) is 5.92 Å². The Morgan fingerprint density at radius 2 is 2.62 bits per heavy atom. The van der Waals surface area contributed by atoms with Crippen LogP contribution in [0.1, 0.15) is 19.8 Å². The smallest absolute Gasteiger partial charge is 0.228 e. The summed E-state index contributed by atoms with van der Waals surface area (Å²) in [5.41, 5.74) is 0.859. The van der Waals surface area contributed by atoms with Gasteiger partial charge in [-0.1, -0.05) is 13.0 Å². The van der Waals surface area contributed by atoms with Gasteiger partial charge in [-0.05, 0) is 24.3 Å². The number of rotatable bonds is 1. The average molecular weight is 109 g/mol. The minimum Gasteiger partial charge on any atom is -0.285 e. The fraction of sp³-hybridized carbons (Fsp3) is 0.571. The average Bonchev–Trinajstić information content (AvgIpc) is 2.14. The topological polar surface area (TPSA) is 17.1 Å². The third kappa shape index (κ3) is 0.971. The monoisotopic (exact) mass is 109 g/mol. The molecule has 1 radical (unpaired) electrons. The quantitative estimate of drug-likeness (QED) is 0.498. The van der Waals surface area contributed by atoms with Gasteiger partial charge in [0.25, 0.3) is 0 Å². The maximum atomic E-state index is 9.96. The molecule has 1 rings (SSSR count). The summed E-state index contributed by atoms with van der Waals surface area (Å²) in [6, 6.07) is 0. The summed E-state index contributed by atoms with van der Waals surface area (Å²) in [6.07, 6.45) is 5.96. The van der Waals surface area contributed by atoms with Crippen molar-refractivity contribution in [1.82, 2.24) is 0 Å². The molecular weight excluding hydrogens is 100 g/mol. The standard InChI is InChI=1S/C7H9O/c1-6-2-3-7(4-6)5-8/h4,6H,2-3H2,1H3. The second-order valence-electron chi connectivity index (χ2n) is 2.31. The second kappa shape index (κ2) is 2.12. The van der Waals surface area contributed by atoms with Gasteiger partial charge in [0.1, 0.15) is 0 Å². The molecule has 1 atom stereocenters. The highest BCUT2D eigenvalue weighted by Crippen LogP contribution is 2.21. The first-order valence-electron chi connectivity index (χ1n) is 2.92. The molecule has 0 saturated carbocycles. The summed E-state index contributed by atoms with van der Waals surface area (Å²) in [5.74, 6) is 0.603. The molecule has 0 aromatic heterocycles. The highest BCUT2D eigenvalue weighted by Gasteiger charge is 2.09. The molecule has 8 heavy (non-hydrogen) atoms. The molecule has 1 nitrogen and oxygen atoms in total. The zero-order valence-corrected chi connectivity index (χ0v) is 4.98. The van der Waals surface area contributed by atoms with E-state index in [2.05, 4.69) is 6.92 Å². The molecule has 0 bridgehead atoms. The van der Waals surface area contributed by atoms with Crippen LogP contribution in [-0.2, 0) is 4.79 Å². The predicted octanol–water partition coefficient (Wildman–Crippen LogP) is 1.45. The normalized spacial score (nSPS) is 27.6. The first-order valence-corrected chi connectivity index (χ1v) is 2.92. The molecule has 1 aliphatic carbocycles. The van der Waals surface area contributed by atoms with Gasteiger partial charge in [-0.2, -0.15) is 0 Å². The second-order valence-corrected chi connectivity index (χ2v) is 2.31. The van der Waals surface area contributed by atoms with E-state index in [4.69, 9.17) is 0 Å². The van der Waals surface area contributed by atoms with Crippen LogP contribution in [-0.4, -0.2) is 6.29 Å². The summed E-state index contributed by atoms with van der Waals surface area (Å²) < 4.78 is 0. The van der Waals surface area contributed by atoms with Gasteiger partial charge in [0.15, 0.2) is 0 Å². The maximum Gasteiger partial charge on any atom is 0.228 e. The lowest BCUT2D eigenvalue weighted by Crippen LogP contribution is -1.77. The van der Waals surface area contributed by atoms with E-state index in [0.717, 1.165) is 18.4 Å². The van der Waals surface area contributed by atoms with Gasteiger partial charge >= 0.3 is 0 Å². The molecule has 0 aromatic rings. The van der Waals surface area contributed by atoms with E-state index in [1.165, 1.54) is 0 Å². The Morgan fingerprint density at radius 3 is 2.88 bits per heavy atom. The van der Waals surface area contributed by atoms with Crippen LogP contribution in [0, 0.1) is 5.92 Å². The zero-order valence-electron chi connectivity index (χ0n) is 4.98. The van der Waals surface area contributed by atoms with Crippen LogP contribution in [0.2, 0.25) is 0 Å². The predicted molar refractivity (Wildman–Crippen MR) is 32.2 cm³/mol. The molecule has 1 aliphatic rings. The van der Waals surface area contributed by atoms with Gasteiger partial charge in [-0.25, -0.2) is 0 Å². The van der Waals surface area contributed by atoms with Gasteiger partial charge in [-0.15, -0.1) is 0 Å². The third-order valence-corrected chi connectivity index (χ3v) is 1.49. The van der Waals surface area contributed by atoms with Crippen molar-refractivity contribution < 1.29 is 4.79 Å². The van der Waals surface area contributed by atoms with Crippen LogP contribution >= 0.6 is 0 Å². The van der Waals surface area contributed by atoms with Crippen LogP contribution in [0.3, 0.4) is 0 Å². The van der Waals surface area contributed by atoms with Gasteiger partial charge in [-0.3, -0.25) is 4.79 Å². The molecule has 1 unspecified atom stereocenters. The highest BCUT2D eigenvalue weighted by atomic mass is 16.1. The summed E-state index contributed by atoms with van der Waals surface area (Å²) in [6.45, 7) is 2.12. The molecule has 0 N–H and O–H groups in total. The van der Waals surface area contributed by atoms with Crippen molar-refractivity contribution in [3.63, 3.8) is 0 Å². The maximum absolute atomic E-state index is 9.96. The summed E-state index contributed by atoms with van der Waals surface area (Å²) >= 11 is 0. The van der Waals surface area contributed by atoms with Gasteiger partial charge in [0.2, 0.25) is 6.29 Å². The van der Waals surface area contributed by atoms with Crippen LogP contribution in [0.5, 0.6) is 0 Å². The van der Waals surface area contributed by atoms with Crippen molar-refractivity contribution in [1.29, 1.82) is 0 Å². The molecule has 0 amide bonds. The minimum absolute atomic E-state index is 0.603. The van der Waals surface area contributed by atoms with Crippen molar-refractivity contribution in [2.75, 3.05) is 0 Å². The van der Waals surface area contributed by atoms with Crippen molar-refractivity contribution in [2.45, 2.75) is 19.8 Å². The molecule has 0 fully saturated rings. The van der Waals surface area contributed by atoms with E-state index in [-0.39, 0.29) is 0 Å². The first kappa shape index (κ1) is 5.54. The number of carbonyl (C=O) groups excluding carboxylic acids is 1. The third-order valence-electron chi connectivity index (χ3n) is 1.49. The Hall–Kier alpha value is -0.590. The Kier molecular flexibility index (Phi) is 1.47. The molecule has 0 aromatic carbocycles. The van der Waals surface area contributed by atoms with Crippen LogP contribution < -0.4 is 0 Å². The van der Waals surface area contributed by atoms with Gasteiger partial charge in [0.05, 0.1) is 0 Å². The SMILES string of the molecule is CC1C=C([C]=O)CC1. The largest absolute Gasteiger partial charge is 0.285 e. The Bertz CT molecular complexity index is 124. The summed E-state index contributed by atoms with van der Waals surface area (Å²) in [7, 11) is 0. The Labute approximate surface area is 49.4 Å². The van der Waals surface area contributed by atoms with Crippen LogP contribution in [0.25, 0.3) is 0 Å². The lowest BCUT2D eigenvalue weighted by Gasteiger charge is -1.89. The number of allylic oxidation sites excluding steroid dienone is 2. The van der Waals surface area contributed by atoms with E-state index in [1.54, 1.807) is 0 Å². The summed E-state index contributed by atoms with van der Waals surface area (Å²) in [4.78, 5) is 9.96. The van der Waals surface area contributed by atoms with E-state index in [1.807, 2.05) is 12.4 Å². The van der Waals surface area contributed by atoms with Crippen molar-refractivity contribution in [2.24, 2.45) is 5.92 Å². The van der Waals surface area contributed by atoms with Gasteiger partial charge < -0.3 is 0 Å². The van der Waals surface area contributed by atoms with Crippen molar-refractivity contribution in [3.8, 4) is 0 Å². The lowest BCUT2D eigenvalue weighted by atomic mass is 10.2. The zero-order chi connectivity index (χ0) is 5.98. The van der Waals surface area contributed by atoms with Crippen molar-refractivity contribution in [3.05, 3.63) is 11.6 Å². The first-order chi connectivity index (χ1) is 3.83. The van der Waals surface area contributed by atoms with Crippen LogP contribution in [0.15, 0.2) is 11.6 Å². The molecule has 0 aliphatic heterocycles. The van der Waals surface area contributed by atoms with Crippen LogP contribution in [0.4, 0.5) is 0 Å². The van der Waals surface area contributed by atoms with E-state index >= 15 is 0 Å².